The molecule has 0 aromatic carbocycles. The van der Waals surface area contributed by atoms with Crippen molar-refractivity contribution in [2.24, 2.45) is 0 Å². The number of hydrogen-bond acceptors (Lipinski definition) is 7. The van der Waals surface area contributed by atoms with Gasteiger partial charge in [0, 0.05) is 17.2 Å². The van der Waals surface area contributed by atoms with Crippen LogP contribution in [0, 0.1) is 6.92 Å². The number of hydrogen-bond donors (Lipinski definition) is 2. The summed E-state index contributed by atoms with van der Waals surface area (Å²) in [6.07, 6.45) is 0. The number of anilines is 1. The van der Waals surface area contributed by atoms with Crippen LogP contribution in [0.3, 0.4) is 0 Å². The number of rotatable bonds is 5. The van der Waals surface area contributed by atoms with Crippen molar-refractivity contribution < 1.29 is 9.59 Å². The van der Waals surface area contributed by atoms with Crippen LogP contribution >= 0.6 is 34.0 Å². The molecular formula is C15H14N4O2S3. The minimum absolute atomic E-state index is 0.0537. The summed E-state index contributed by atoms with van der Waals surface area (Å²) in [5.41, 5.74) is 3.19. The van der Waals surface area contributed by atoms with Gasteiger partial charge in [0.15, 0.2) is 5.13 Å². The molecule has 0 bridgehead atoms. The fourth-order valence-corrected chi connectivity index (χ4v) is 4.33. The van der Waals surface area contributed by atoms with Crippen LogP contribution in [0.1, 0.15) is 27.2 Å². The summed E-state index contributed by atoms with van der Waals surface area (Å²) >= 11 is 4.26. The van der Waals surface area contributed by atoms with Gasteiger partial charge in [0.05, 0.1) is 28.3 Å². The molecule has 0 spiro atoms. The first kappa shape index (κ1) is 16.7. The molecule has 0 aliphatic carbocycles. The van der Waals surface area contributed by atoms with Crippen LogP contribution in [0.4, 0.5) is 5.13 Å². The van der Waals surface area contributed by atoms with E-state index in [1.54, 1.807) is 23.8 Å². The Balaban J connectivity index is 1.68. The molecule has 3 rings (SSSR count). The van der Waals surface area contributed by atoms with Gasteiger partial charge in [-0.15, -0.1) is 34.0 Å². The minimum atomic E-state index is -0.187. The SMILES string of the molecule is CC(=O)NCc1ccc(-c2csc(NC(=O)c3scnc3C)n2)s1. The van der Waals surface area contributed by atoms with E-state index in [0.717, 1.165) is 21.1 Å². The topological polar surface area (TPSA) is 84.0 Å². The van der Waals surface area contributed by atoms with Crippen molar-refractivity contribution in [3.05, 3.63) is 38.5 Å². The first-order chi connectivity index (χ1) is 11.5. The minimum Gasteiger partial charge on any atom is -0.351 e. The number of nitrogens with one attached hydrogen (secondary N) is 2. The van der Waals surface area contributed by atoms with Gasteiger partial charge in [0.2, 0.25) is 5.91 Å². The maximum Gasteiger partial charge on any atom is 0.269 e. The van der Waals surface area contributed by atoms with Crippen molar-refractivity contribution in [2.45, 2.75) is 20.4 Å². The van der Waals surface area contributed by atoms with E-state index in [1.807, 2.05) is 17.5 Å². The Hall–Kier alpha value is -2.10. The van der Waals surface area contributed by atoms with Crippen molar-refractivity contribution in [1.29, 1.82) is 0 Å². The summed E-state index contributed by atoms with van der Waals surface area (Å²) in [6, 6.07) is 3.93. The van der Waals surface area contributed by atoms with Crippen LogP contribution in [0.15, 0.2) is 23.0 Å². The zero-order chi connectivity index (χ0) is 17.1. The molecule has 0 saturated carbocycles. The van der Waals surface area contributed by atoms with Gasteiger partial charge in [-0.2, -0.15) is 0 Å². The lowest BCUT2D eigenvalue weighted by atomic mass is 10.3. The molecule has 3 heterocycles. The van der Waals surface area contributed by atoms with Gasteiger partial charge in [-0.3, -0.25) is 14.9 Å². The second-order valence-corrected chi connectivity index (χ2v) is 7.82. The van der Waals surface area contributed by atoms with Gasteiger partial charge < -0.3 is 5.32 Å². The predicted octanol–water partition coefficient (Wildman–Crippen LogP) is 3.52. The highest BCUT2D eigenvalue weighted by Crippen LogP contribution is 2.31. The Morgan fingerprint density at radius 3 is 2.79 bits per heavy atom. The smallest absolute Gasteiger partial charge is 0.269 e. The number of aryl methyl sites for hydroxylation is 1. The highest BCUT2D eigenvalue weighted by atomic mass is 32.1. The average molecular weight is 379 g/mol. The summed E-state index contributed by atoms with van der Waals surface area (Å²) in [5.74, 6) is -0.240. The molecule has 0 aliphatic heterocycles. The van der Waals surface area contributed by atoms with Gasteiger partial charge in [-0.05, 0) is 19.1 Å². The van der Waals surface area contributed by atoms with Crippen LogP contribution in [0.25, 0.3) is 10.6 Å². The Labute approximate surface area is 150 Å². The monoisotopic (exact) mass is 378 g/mol. The quantitative estimate of drug-likeness (QED) is 0.711. The van der Waals surface area contributed by atoms with Crippen molar-refractivity contribution in [3.8, 4) is 10.6 Å². The standard InChI is InChI=1S/C15H14N4O2S3/c1-8-13(23-7-17-8)14(21)19-15-18-11(6-22-15)12-4-3-10(24-12)5-16-9(2)20/h3-4,6-7H,5H2,1-2H3,(H,16,20)(H,18,19,21). The number of nitrogens with zero attached hydrogens (tertiary/aromatic N) is 2. The summed E-state index contributed by atoms with van der Waals surface area (Å²) in [7, 11) is 0. The van der Waals surface area contributed by atoms with Gasteiger partial charge >= 0.3 is 0 Å². The van der Waals surface area contributed by atoms with Gasteiger partial charge in [-0.25, -0.2) is 9.97 Å². The first-order valence-corrected chi connectivity index (χ1v) is 9.61. The summed E-state index contributed by atoms with van der Waals surface area (Å²) in [5, 5.41) is 8.04. The van der Waals surface area contributed by atoms with Gasteiger partial charge in [-0.1, -0.05) is 0 Å². The highest BCUT2D eigenvalue weighted by molar-refractivity contribution is 7.17. The lowest BCUT2D eigenvalue weighted by Gasteiger charge is -1.99. The maximum absolute atomic E-state index is 12.2. The van der Waals surface area contributed by atoms with Crippen LogP contribution < -0.4 is 10.6 Å². The number of amides is 2. The largest absolute Gasteiger partial charge is 0.351 e. The molecule has 2 N–H and O–H groups in total. The molecule has 0 fully saturated rings. The predicted molar refractivity (Wildman–Crippen MR) is 97.8 cm³/mol. The van der Waals surface area contributed by atoms with Crippen LogP contribution in [0.5, 0.6) is 0 Å². The zero-order valence-corrected chi connectivity index (χ0v) is 15.4. The molecular weight excluding hydrogens is 364 g/mol. The van der Waals surface area contributed by atoms with E-state index in [1.165, 1.54) is 29.6 Å². The van der Waals surface area contributed by atoms with E-state index in [0.29, 0.717) is 16.6 Å². The fourth-order valence-electron chi connectivity index (χ4n) is 1.94. The lowest BCUT2D eigenvalue weighted by Crippen LogP contribution is -2.17. The molecule has 0 atom stereocenters. The van der Waals surface area contributed by atoms with Gasteiger partial charge in [0.1, 0.15) is 4.88 Å². The second-order valence-electron chi connectivity index (χ2n) is 4.93. The Morgan fingerprint density at radius 1 is 1.25 bits per heavy atom. The average Bonchev–Trinajstić information content (AvgIpc) is 3.24. The molecule has 124 valence electrons. The van der Waals surface area contributed by atoms with Crippen molar-refractivity contribution in [1.82, 2.24) is 15.3 Å². The number of thiazole rings is 2. The normalized spacial score (nSPS) is 10.6. The molecule has 6 nitrogen and oxygen atoms in total. The lowest BCUT2D eigenvalue weighted by molar-refractivity contribution is -0.119. The number of carbonyl (C=O) groups excluding carboxylic acids is 2. The summed E-state index contributed by atoms with van der Waals surface area (Å²) in [6.45, 7) is 3.81. The fraction of sp³-hybridized carbons (Fsp3) is 0.200. The first-order valence-electron chi connectivity index (χ1n) is 7.03. The Bertz CT molecular complexity index is 881. The molecule has 24 heavy (non-hydrogen) atoms. The molecule has 3 aromatic heterocycles. The third-order valence-electron chi connectivity index (χ3n) is 3.10. The third-order valence-corrected chi connectivity index (χ3v) is 5.89. The van der Waals surface area contributed by atoms with E-state index in [-0.39, 0.29) is 11.8 Å². The van der Waals surface area contributed by atoms with E-state index in [2.05, 4.69) is 20.6 Å². The molecule has 2 amide bonds. The van der Waals surface area contributed by atoms with E-state index in [4.69, 9.17) is 0 Å². The molecule has 9 heteroatoms. The Morgan fingerprint density at radius 2 is 2.08 bits per heavy atom. The molecule has 0 aliphatic rings. The van der Waals surface area contributed by atoms with Gasteiger partial charge in [0.25, 0.3) is 5.91 Å². The zero-order valence-electron chi connectivity index (χ0n) is 13.0. The molecule has 0 unspecified atom stereocenters. The van der Waals surface area contributed by atoms with E-state index in [9.17, 15) is 9.59 Å². The third kappa shape index (κ3) is 3.86. The van der Waals surface area contributed by atoms with Crippen LogP contribution in [-0.4, -0.2) is 21.8 Å². The number of aromatic nitrogens is 2. The van der Waals surface area contributed by atoms with Crippen molar-refractivity contribution >= 4 is 51.0 Å². The second kappa shape index (κ2) is 7.20. The van der Waals surface area contributed by atoms with Crippen molar-refractivity contribution in [3.63, 3.8) is 0 Å². The number of carbonyl (C=O) groups is 2. The Kier molecular flexibility index (Phi) is 5.03. The molecule has 0 saturated heterocycles. The van der Waals surface area contributed by atoms with Crippen molar-refractivity contribution in [2.75, 3.05) is 5.32 Å². The molecule has 3 aromatic rings. The highest BCUT2D eigenvalue weighted by Gasteiger charge is 2.14. The summed E-state index contributed by atoms with van der Waals surface area (Å²) < 4.78 is 0. The molecule has 0 radical (unpaired) electrons. The number of thiophene rings is 1. The maximum atomic E-state index is 12.2. The summed E-state index contributed by atoms with van der Waals surface area (Å²) in [4.78, 5) is 34.3. The van der Waals surface area contributed by atoms with E-state index >= 15 is 0 Å². The van der Waals surface area contributed by atoms with E-state index < -0.39 is 0 Å². The van der Waals surface area contributed by atoms with Crippen LogP contribution in [0.2, 0.25) is 0 Å². The van der Waals surface area contributed by atoms with Crippen LogP contribution in [-0.2, 0) is 11.3 Å².